The Bertz CT molecular complexity index is 1120. The fourth-order valence-electron chi connectivity index (χ4n) is 3.20. The topological polar surface area (TPSA) is 102 Å². The Balaban J connectivity index is 1.77. The number of aliphatic hydroxyl groups is 1. The Morgan fingerprint density at radius 1 is 1.19 bits per heavy atom. The van der Waals surface area contributed by atoms with Gasteiger partial charge in [-0.3, -0.25) is 10.2 Å². The third-order valence-electron chi connectivity index (χ3n) is 4.60. The van der Waals surface area contributed by atoms with E-state index in [-0.39, 0.29) is 28.6 Å². The van der Waals surface area contributed by atoms with E-state index in [0.717, 1.165) is 11.4 Å². The van der Waals surface area contributed by atoms with E-state index in [2.05, 4.69) is 9.97 Å². The van der Waals surface area contributed by atoms with E-state index in [1.807, 2.05) is 24.3 Å². The van der Waals surface area contributed by atoms with Crippen molar-refractivity contribution in [3.63, 3.8) is 0 Å². The number of anilines is 1. The second kappa shape index (κ2) is 6.60. The van der Waals surface area contributed by atoms with Crippen LogP contribution in [0.1, 0.15) is 12.2 Å². The van der Waals surface area contributed by atoms with Crippen LogP contribution in [-0.2, 0) is 0 Å². The van der Waals surface area contributed by atoms with E-state index in [0.29, 0.717) is 23.9 Å². The zero-order valence-corrected chi connectivity index (χ0v) is 14.7. The molecule has 0 bridgehead atoms. The summed E-state index contributed by atoms with van der Waals surface area (Å²) in [4.78, 5) is 21.3. The first-order valence-electron chi connectivity index (χ1n) is 8.50. The number of aromatic nitrogens is 2. The van der Waals surface area contributed by atoms with E-state index >= 15 is 0 Å². The molecular formula is C20H18N4O3. The highest BCUT2D eigenvalue weighted by Crippen LogP contribution is 2.29. The van der Waals surface area contributed by atoms with Gasteiger partial charge in [-0.2, -0.15) is 0 Å². The molecule has 27 heavy (non-hydrogen) atoms. The lowest BCUT2D eigenvalue weighted by atomic mass is 10.0. The molecule has 1 aromatic heterocycles. The molecule has 0 radical (unpaired) electrons. The highest BCUT2D eigenvalue weighted by atomic mass is 16.5. The second-order valence-electron chi connectivity index (χ2n) is 6.20. The smallest absolute Gasteiger partial charge is 0.259 e. The molecule has 0 unspecified atom stereocenters. The minimum atomic E-state index is -0.301. The Morgan fingerprint density at radius 2 is 1.93 bits per heavy atom. The van der Waals surface area contributed by atoms with Gasteiger partial charge in [0, 0.05) is 18.7 Å². The quantitative estimate of drug-likeness (QED) is 0.664. The summed E-state index contributed by atoms with van der Waals surface area (Å²) in [5.41, 5.74) is 1.25. The van der Waals surface area contributed by atoms with Crippen LogP contribution >= 0.6 is 0 Å². The molecule has 3 N–H and O–H groups in total. The summed E-state index contributed by atoms with van der Waals surface area (Å²) < 4.78 is 5.17. The lowest BCUT2D eigenvalue weighted by Crippen LogP contribution is -2.37. The Morgan fingerprint density at radius 3 is 2.67 bits per heavy atom. The van der Waals surface area contributed by atoms with Crippen molar-refractivity contribution in [3.05, 3.63) is 70.5 Å². The molecule has 7 nitrogen and oxygen atoms in total. The Kier molecular flexibility index (Phi) is 4.12. The molecule has 1 aliphatic heterocycles. The lowest BCUT2D eigenvalue weighted by Gasteiger charge is -2.30. The summed E-state index contributed by atoms with van der Waals surface area (Å²) in [7, 11) is 1.60. The summed E-state index contributed by atoms with van der Waals surface area (Å²) in [6.45, 7) is 0.457. The molecule has 4 rings (SSSR count). The summed E-state index contributed by atoms with van der Waals surface area (Å²) in [6.07, 6.45) is 0.347. The van der Waals surface area contributed by atoms with E-state index in [9.17, 15) is 9.90 Å². The van der Waals surface area contributed by atoms with Crippen LogP contribution in [0.25, 0.3) is 16.5 Å². The van der Waals surface area contributed by atoms with Gasteiger partial charge in [0.15, 0.2) is 0 Å². The average Bonchev–Trinajstić information content (AvgIpc) is 2.68. The van der Waals surface area contributed by atoms with Gasteiger partial charge in [-0.25, -0.2) is 4.98 Å². The largest absolute Gasteiger partial charge is 0.511 e. The van der Waals surface area contributed by atoms with Crippen molar-refractivity contribution in [2.24, 2.45) is 0 Å². The van der Waals surface area contributed by atoms with Gasteiger partial charge in [-0.15, -0.1) is 0 Å². The van der Waals surface area contributed by atoms with Crippen molar-refractivity contribution in [3.8, 4) is 5.75 Å². The van der Waals surface area contributed by atoms with Crippen molar-refractivity contribution in [2.75, 3.05) is 18.6 Å². The number of rotatable bonds is 3. The first-order chi connectivity index (χ1) is 13.1. The standard InChI is InChI=1S/C20H18N4O3/c1-27-13-8-6-12(7-9-13)24-11-10-16(25)17(18(24)21)19-22-15-5-3-2-4-14(15)20(26)23-19/h2-9,21,25H,10-11H2,1H3,(H,22,23,26). The van der Waals surface area contributed by atoms with Crippen LogP contribution in [0.4, 0.5) is 5.69 Å². The zero-order chi connectivity index (χ0) is 19.0. The third-order valence-corrected chi connectivity index (χ3v) is 4.60. The van der Waals surface area contributed by atoms with Crippen LogP contribution in [0.15, 0.2) is 59.1 Å². The van der Waals surface area contributed by atoms with Crippen LogP contribution in [-0.4, -0.2) is 34.6 Å². The predicted octanol–water partition coefficient (Wildman–Crippen LogP) is 3.09. The second-order valence-corrected chi connectivity index (χ2v) is 6.20. The molecule has 2 heterocycles. The minimum Gasteiger partial charge on any atom is -0.511 e. The summed E-state index contributed by atoms with van der Waals surface area (Å²) in [6, 6.07) is 14.3. The van der Waals surface area contributed by atoms with E-state index in [1.165, 1.54) is 0 Å². The molecule has 0 fully saturated rings. The molecule has 0 aliphatic carbocycles. The maximum absolute atomic E-state index is 12.4. The van der Waals surface area contributed by atoms with Gasteiger partial charge in [0.1, 0.15) is 23.2 Å². The number of H-pyrrole nitrogens is 1. The number of aliphatic hydroxyl groups excluding tert-OH is 1. The van der Waals surface area contributed by atoms with Crippen LogP contribution in [0.5, 0.6) is 5.75 Å². The van der Waals surface area contributed by atoms with Gasteiger partial charge >= 0.3 is 0 Å². The number of amidine groups is 1. The number of benzene rings is 2. The number of nitrogens with one attached hydrogen (secondary N) is 2. The monoisotopic (exact) mass is 362 g/mol. The molecule has 0 saturated heterocycles. The number of hydrogen-bond donors (Lipinski definition) is 3. The third kappa shape index (κ3) is 2.93. The molecule has 0 atom stereocenters. The van der Waals surface area contributed by atoms with Crippen LogP contribution in [0.3, 0.4) is 0 Å². The van der Waals surface area contributed by atoms with Gasteiger partial charge in [-0.1, -0.05) is 12.1 Å². The highest BCUT2D eigenvalue weighted by molar-refractivity contribution is 6.28. The Labute approximate surface area is 155 Å². The minimum absolute atomic E-state index is 0.0446. The molecule has 1 aliphatic rings. The molecule has 3 aromatic rings. The summed E-state index contributed by atoms with van der Waals surface area (Å²) >= 11 is 0. The number of aromatic amines is 1. The first kappa shape index (κ1) is 16.8. The lowest BCUT2D eigenvalue weighted by molar-refractivity contribution is 0.391. The number of fused-ring (bicyclic) bond motifs is 1. The van der Waals surface area contributed by atoms with Crippen LogP contribution in [0.2, 0.25) is 0 Å². The number of para-hydroxylation sites is 1. The van der Waals surface area contributed by atoms with E-state index in [4.69, 9.17) is 10.1 Å². The summed E-state index contributed by atoms with van der Waals surface area (Å²) in [5, 5.41) is 19.5. The van der Waals surface area contributed by atoms with Crippen molar-refractivity contribution >= 4 is 28.0 Å². The number of ether oxygens (including phenoxy) is 1. The molecule has 0 amide bonds. The van der Waals surface area contributed by atoms with Gasteiger partial charge < -0.3 is 19.7 Å². The molecule has 0 saturated carbocycles. The van der Waals surface area contributed by atoms with Crippen molar-refractivity contribution in [1.82, 2.24) is 9.97 Å². The van der Waals surface area contributed by atoms with Gasteiger partial charge in [-0.05, 0) is 36.4 Å². The average molecular weight is 362 g/mol. The van der Waals surface area contributed by atoms with Gasteiger partial charge in [0.2, 0.25) is 0 Å². The van der Waals surface area contributed by atoms with Crippen molar-refractivity contribution in [1.29, 1.82) is 5.41 Å². The number of hydrogen-bond acceptors (Lipinski definition) is 5. The Hall–Kier alpha value is -3.61. The summed E-state index contributed by atoms with van der Waals surface area (Å²) in [5.74, 6) is 1.05. The van der Waals surface area contributed by atoms with Crippen LogP contribution < -0.4 is 15.2 Å². The van der Waals surface area contributed by atoms with Gasteiger partial charge in [0.25, 0.3) is 5.56 Å². The van der Waals surface area contributed by atoms with E-state index in [1.54, 1.807) is 36.3 Å². The normalized spacial score (nSPS) is 14.7. The number of methoxy groups -OCH3 is 1. The molecule has 2 aromatic carbocycles. The fourth-order valence-corrected chi connectivity index (χ4v) is 3.20. The first-order valence-corrected chi connectivity index (χ1v) is 8.50. The van der Waals surface area contributed by atoms with Crippen molar-refractivity contribution in [2.45, 2.75) is 6.42 Å². The van der Waals surface area contributed by atoms with E-state index < -0.39 is 0 Å². The fraction of sp³-hybridized carbons (Fsp3) is 0.150. The van der Waals surface area contributed by atoms with Crippen molar-refractivity contribution < 1.29 is 9.84 Å². The maximum Gasteiger partial charge on any atom is 0.259 e. The molecular weight excluding hydrogens is 344 g/mol. The molecule has 0 spiro atoms. The van der Waals surface area contributed by atoms with Crippen LogP contribution in [0, 0.1) is 5.41 Å². The maximum atomic E-state index is 12.4. The number of nitrogens with zero attached hydrogens (tertiary/aromatic N) is 2. The predicted molar refractivity (Wildman–Crippen MR) is 105 cm³/mol. The zero-order valence-electron chi connectivity index (χ0n) is 14.7. The van der Waals surface area contributed by atoms with Gasteiger partial charge in [0.05, 0.1) is 23.6 Å². The molecule has 7 heteroatoms. The SMILES string of the molecule is COc1ccc(N2CCC(O)=C(c3nc4ccccc4c(=O)[nH]3)C2=N)cc1. The highest BCUT2D eigenvalue weighted by Gasteiger charge is 2.28. The molecule has 136 valence electrons.